The molecular formula is C15H19NO. The van der Waals surface area contributed by atoms with E-state index in [1.54, 1.807) is 0 Å². The third kappa shape index (κ3) is 1.99. The van der Waals surface area contributed by atoms with E-state index in [2.05, 4.69) is 32.6 Å². The minimum atomic E-state index is 0.00468. The Bertz CT molecular complexity index is 450. The summed E-state index contributed by atoms with van der Waals surface area (Å²) in [6.45, 7) is 8.79. The highest BCUT2D eigenvalue weighted by Gasteiger charge is 2.25. The molecule has 1 aromatic rings. The molecule has 0 radical (unpaired) electrons. The van der Waals surface area contributed by atoms with E-state index in [9.17, 15) is 4.79 Å². The Morgan fingerprint density at radius 1 is 1.59 bits per heavy atom. The van der Waals surface area contributed by atoms with Crippen LogP contribution in [0.5, 0.6) is 0 Å². The number of benzene rings is 1. The van der Waals surface area contributed by atoms with Crippen molar-refractivity contribution in [1.29, 1.82) is 0 Å². The normalized spacial score (nSPS) is 15.5. The molecule has 1 aliphatic rings. The molecule has 0 spiro atoms. The van der Waals surface area contributed by atoms with Crippen LogP contribution in [0.25, 0.3) is 0 Å². The molecular weight excluding hydrogens is 210 g/mol. The van der Waals surface area contributed by atoms with Crippen LogP contribution in [0.2, 0.25) is 0 Å². The second-order valence-electron chi connectivity index (χ2n) is 4.60. The van der Waals surface area contributed by atoms with Crippen molar-refractivity contribution < 1.29 is 4.79 Å². The highest BCUT2D eigenvalue weighted by atomic mass is 16.2. The van der Waals surface area contributed by atoms with Crippen LogP contribution in [0.15, 0.2) is 30.9 Å². The molecule has 2 nitrogen and oxygen atoms in total. The number of hydrogen-bond donors (Lipinski definition) is 0. The fraction of sp³-hybridized carbons (Fsp3) is 0.400. The van der Waals surface area contributed by atoms with Crippen LogP contribution in [-0.4, -0.2) is 12.5 Å². The van der Waals surface area contributed by atoms with Crippen molar-refractivity contribution in [3.05, 3.63) is 42.0 Å². The van der Waals surface area contributed by atoms with Crippen molar-refractivity contribution in [3.63, 3.8) is 0 Å². The Kier molecular flexibility index (Phi) is 3.32. The van der Waals surface area contributed by atoms with Gasteiger partial charge in [-0.25, -0.2) is 0 Å². The minimum absolute atomic E-state index is 0.00468. The van der Waals surface area contributed by atoms with Gasteiger partial charge in [0.2, 0.25) is 5.91 Å². The van der Waals surface area contributed by atoms with E-state index in [-0.39, 0.29) is 5.91 Å². The number of nitrogens with zero attached hydrogens (tertiary/aromatic N) is 1. The molecule has 1 atom stereocenters. The molecule has 2 rings (SSSR count). The minimum Gasteiger partial charge on any atom is -0.308 e. The van der Waals surface area contributed by atoms with Gasteiger partial charge in [-0.2, -0.15) is 0 Å². The van der Waals surface area contributed by atoms with E-state index in [4.69, 9.17) is 0 Å². The van der Waals surface area contributed by atoms with Crippen LogP contribution in [0.3, 0.4) is 0 Å². The Morgan fingerprint density at radius 2 is 2.35 bits per heavy atom. The van der Waals surface area contributed by atoms with Crippen LogP contribution in [0.4, 0.5) is 5.69 Å². The third-order valence-electron chi connectivity index (χ3n) is 3.65. The predicted molar refractivity (Wildman–Crippen MR) is 71.4 cm³/mol. The van der Waals surface area contributed by atoms with Gasteiger partial charge in [-0.15, -0.1) is 0 Å². The number of carbonyl (C=O) groups excluding carboxylic acids is 1. The lowest BCUT2D eigenvalue weighted by atomic mass is 9.92. The van der Waals surface area contributed by atoms with Gasteiger partial charge in [-0.05, 0) is 42.0 Å². The van der Waals surface area contributed by atoms with E-state index in [0.29, 0.717) is 5.92 Å². The van der Waals surface area contributed by atoms with Gasteiger partial charge in [-0.3, -0.25) is 4.79 Å². The molecule has 0 N–H and O–H groups in total. The average Bonchev–Trinajstić information content (AvgIpc) is 2.80. The van der Waals surface area contributed by atoms with Crippen LogP contribution >= 0.6 is 0 Å². The van der Waals surface area contributed by atoms with Gasteiger partial charge in [0, 0.05) is 12.2 Å². The van der Waals surface area contributed by atoms with E-state index in [1.807, 2.05) is 11.0 Å². The summed E-state index contributed by atoms with van der Waals surface area (Å²) in [5.41, 5.74) is 3.81. The molecule has 1 unspecified atom stereocenters. The summed E-state index contributed by atoms with van der Waals surface area (Å²) in [4.78, 5) is 13.6. The Morgan fingerprint density at radius 3 is 3.00 bits per heavy atom. The molecule has 17 heavy (non-hydrogen) atoms. The van der Waals surface area contributed by atoms with Crippen LogP contribution in [0, 0.1) is 0 Å². The molecule has 1 heterocycles. The van der Waals surface area contributed by atoms with Gasteiger partial charge in [0.1, 0.15) is 0 Å². The first-order chi connectivity index (χ1) is 8.19. The predicted octanol–water partition coefficient (Wildman–Crippen LogP) is 3.28. The first kappa shape index (κ1) is 11.9. The van der Waals surface area contributed by atoms with Gasteiger partial charge >= 0.3 is 0 Å². The summed E-state index contributed by atoms with van der Waals surface area (Å²) in [5.74, 6) is 0.564. The fourth-order valence-corrected chi connectivity index (χ4v) is 2.48. The quantitative estimate of drug-likeness (QED) is 0.728. The molecule has 1 aliphatic heterocycles. The smallest absolute Gasteiger partial charge is 0.250 e. The van der Waals surface area contributed by atoms with Crippen molar-refractivity contribution in [2.45, 2.75) is 32.6 Å². The summed E-state index contributed by atoms with van der Waals surface area (Å²) in [5, 5.41) is 0. The lowest BCUT2D eigenvalue weighted by Gasteiger charge is -2.17. The Balaban J connectivity index is 2.42. The number of hydrogen-bond acceptors (Lipinski definition) is 1. The van der Waals surface area contributed by atoms with Crippen molar-refractivity contribution in [2.75, 3.05) is 11.4 Å². The Labute approximate surface area is 103 Å². The zero-order valence-electron chi connectivity index (χ0n) is 10.6. The van der Waals surface area contributed by atoms with Gasteiger partial charge in [0.05, 0.1) is 0 Å². The highest BCUT2D eigenvalue weighted by molar-refractivity contribution is 6.02. The van der Waals surface area contributed by atoms with E-state index >= 15 is 0 Å². The topological polar surface area (TPSA) is 20.3 Å². The number of anilines is 1. The second-order valence-corrected chi connectivity index (χ2v) is 4.60. The summed E-state index contributed by atoms with van der Waals surface area (Å²) in [6, 6.07) is 6.28. The summed E-state index contributed by atoms with van der Waals surface area (Å²) >= 11 is 0. The molecule has 90 valence electrons. The molecule has 0 bridgehead atoms. The summed E-state index contributed by atoms with van der Waals surface area (Å²) < 4.78 is 0. The summed E-state index contributed by atoms with van der Waals surface area (Å²) in [6.07, 6.45) is 3.49. The van der Waals surface area contributed by atoms with Gasteiger partial charge in [-0.1, -0.05) is 32.6 Å². The first-order valence-corrected chi connectivity index (χ1v) is 6.24. The molecule has 0 fully saturated rings. The lowest BCUT2D eigenvalue weighted by Crippen LogP contribution is -2.26. The Hall–Kier alpha value is -1.57. The number of fused-ring (bicyclic) bond motifs is 1. The largest absolute Gasteiger partial charge is 0.308 e. The average molecular weight is 229 g/mol. The number of amides is 1. The molecule has 0 saturated heterocycles. The lowest BCUT2D eigenvalue weighted by molar-refractivity contribution is -0.114. The van der Waals surface area contributed by atoms with Gasteiger partial charge in [0.15, 0.2) is 0 Å². The van der Waals surface area contributed by atoms with E-state index < -0.39 is 0 Å². The first-order valence-electron chi connectivity index (χ1n) is 6.24. The molecule has 1 amide bonds. The van der Waals surface area contributed by atoms with Crippen molar-refractivity contribution >= 4 is 11.6 Å². The van der Waals surface area contributed by atoms with Crippen molar-refractivity contribution in [3.8, 4) is 0 Å². The van der Waals surface area contributed by atoms with E-state index in [0.717, 1.165) is 25.1 Å². The van der Waals surface area contributed by atoms with E-state index in [1.165, 1.54) is 17.2 Å². The van der Waals surface area contributed by atoms with Crippen LogP contribution in [0.1, 0.15) is 37.3 Å². The molecule has 0 aromatic heterocycles. The number of rotatable bonds is 3. The maximum absolute atomic E-state index is 11.7. The van der Waals surface area contributed by atoms with Crippen molar-refractivity contribution in [2.24, 2.45) is 0 Å². The zero-order valence-corrected chi connectivity index (χ0v) is 10.6. The SMILES string of the molecule is C=CC(=O)N1CCc2c(C(C)CC)cccc21. The maximum atomic E-state index is 11.7. The standard InChI is InChI=1S/C15H19NO/c1-4-11(3)12-7-6-8-14-13(12)9-10-16(14)15(17)5-2/h5-8,11H,2,4,9-10H2,1,3H3. The molecule has 2 heteroatoms. The fourth-order valence-electron chi connectivity index (χ4n) is 2.48. The van der Waals surface area contributed by atoms with Crippen molar-refractivity contribution in [1.82, 2.24) is 0 Å². The zero-order chi connectivity index (χ0) is 12.4. The number of carbonyl (C=O) groups is 1. The van der Waals surface area contributed by atoms with Crippen LogP contribution in [-0.2, 0) is 11.2 Å². The maximum Gasteiger partial charge on any atom is 0.250 e. The third-order valence-corrected chi connectivity index (χ3v) is 3.65. The molecule has 0 aliphatic carbocycles. The molecule has 1 aromatic carbocycles. The van der Waals surface area contributed by atoms with Gasteiger partial charge < -0.3 is 4.90 Å². The summed E-state index contributed by atoms with van der Waals surface area (Å²) in [7, 11) is 0. The van der Waals surface area contributed by atoms with Gasteiger partial charge in [0.25, 0.3) is 0 Å². The molecule has 0 saturated carbocycles. The van der Waals surface area contributed by atoms with Crippen LogP contribution < -0.4 is 4.90 Å². The monoisotopic (exact) mass is 229 g/mol. The highest BCUT2D eigenvalue weighted by Crippen LogP contribution is 2.35. The second kappa shape index (κ2) is 4.74.